The fourth-order valence-electron chi connectivity index (χ4n) is 3.33. The number of fused-ring (bicyclic) bond motifs is 1. The molecule has 9 heteroatoms. The molecule has 3 aromatic heterocycles. The molecule has 160 valence electrons. The molecule has 4 rings (SSSR count). The number of halogens is 1. The van der Waals surface area contributed by atoms with Crippen molar-refractivity contribution in [3.05, 3.63) is 47.0 Å². The van der Waals surface area contributed by atoms with Crippen molar-refractivity contribution < 1.29 is 14.3 Å². The number of aliphatic hydroxyl groups excluding tert-OH is 1. The highest BCUT2D eigenvalue weighted by Gasteiger charge is 2.29. The molecule has 0 spiro atoms. The number of hydrogen-bond donors (Lipinski definition) is 2. The standard InChI is InChI=1S/C19H20FN5O2S.C2H6/c1-11(13-6-14(20)8-21-7-13)22-19-23-15-3-5-28-17(15)16(24-19)18(27)25-4-2-12(9-25)10-26;1-2/h3,5-8,11-12,26H,2,4,9-10H2,1H3,(H,22,23,24);1-2H3/t11?,12-;/m1./s1. The smallest absolute Gasteiger partial charge is 0.274 e. The lowest BCUT2D eigenvalue weighted by Gasteiger charge is -2.18. The maximum Gasteiger partial charge on any atom is 0.274 e. The molecule has 0 radical (unpaired) electrons. The third-order valence-corrected chi connectivity index (χ3v) is 5.82. The minimum Gasteiger partial charge on any atom is -0.396 e. The van der Waals surface area contributed by atoms with E-state index < -0.39 is 5.82 Å². The third-order valence-electron chi connectivity index (χ3n) is 4.91. The Balaban J connectivity index is 0.00000124. The van der Waals surface area contributed by atoms with Crippen LogP contribution in [-0.2, 0) is 0 Å². The molecule has 1 aliphatic heterocycles. The second-order valence-corrected chi connectivity index (χ2v) is 7.84. The van der Waals surface area contributed by atoms with Gasteiger partial charge in [-0.25, -0.2) is 14.4 Å². The van der Waals surface area contributed by atoms with E-state index in [4.69, 9.17) is 0 Å². The average molecular weight is 432 g/mol. The van der Waals surface area contributed by atoms with E-state index in [-0.39, 0.29) is 24.5 Å². The average Bonchev–Trinajstić information content (AvgIpc) is 3.43. The minimum absolute atomic E-state index is 0.0773. The summed E-state index contributed by atoms with van der Waals surface area (Å²) in [6, 6.07) is 2.96. The van der Waals surface area contributed by atoms with Crippen molar-refractivity contribution in [2.24, 2.45) is 5.92 Å². The largest absolute Gasteiger partial charge is 0.396 e. The second-order valence-electron chi connectivity index (χ2n) is 6.92. The highest BCUT2D eigenvalue weighted by atomic mass is 32.1. The van der Waals surface area contributed by atoms with Crippen LogP contribution in [0, 0.1) is 11.7 Å². The van der Waals surface area contributed by atoms with Crippen LogP contribution in [0.25, 0.3) is 10.2 Å². The number of rotatable bonds is 5. The van der Waals surface area contributed by atoms with Crippen LogP contribution in [0.4, 0.5) is 10.3 Å². The molecular weight excluding hydrogens is 405 g/mol. The first-order valence-corrected chi connectivity index (χ1v) is 11.0. The van der Waals surface area contributed by atoms with Crippen molar-refractivity contribution in [2.75, 3.05) is 25.0 Å². The van der Waals surface area contributed by atoms with Gasteiger partial charge in [-0.2, -0.15) is 0 Å². The Morgan fingerprint density at radius 2 is 2.20 bits per heavy atom. The molecule has 1 unspecified atom stereocenters. The Labute approximate surface area is 179 Å². The number of anilines is 1. The fraction of sp³-hybridized carbons (Fsp3) is 0.429. The van der Waals surface area contributed by atoms with Gasteiger partial charge in [0.05, 0.1) is 22.5 Å². The Morgan fingerprint density at radius 3 is 2.90 bits per heavy atom. The highest BCUT2D eigenvalue weighted by molar-refractivity contribution is 7.17. The number of carbonyl (C=O) groups is 1. The number of nitrogens with zero attached hydrogens (tertiary/aromatic N) is 4. The van der Waals surface area contributed by atoms with Crippen LogP contribution in [0.1, 0.15) is 49.3 Å². The molecule has 4 heterocycles. The first kappa shape index (κ1) is 22.0. The Kier molecular flexibility index (Phi) is 7.28. The summed E-state index contributed by atoms with van der Waals surface area (Å²) in [5.74, 6) is -0.149. The maximum absolute atomic E-state index is 13.4. The lowest BCUT2D eigenvalue weighted by molar-refractivity contribution is 0.0778. The van der Waals surface area contributed by atoms with Gasteiger partial charge in [0.2, 0.25) is 5.95 Å². The van der Waals surface area contributed by atoms with Gasteiger partial charge in [-0.05, 0) is 36.4 Å². The molecule has 2 atom stereocenters. The summed E-state index contributed by atoms with van der Waals surface area (Å²) in [4.78, 5) is 27.6. The third kappa shape index (κ3) is 4.73. The van der Waals surface area contributed by atoms with Gasteiger partial charge in [-0.15, -0.1) is 11.3 Å². The van der Waals surface area contributed by atoms with Gasteiger partial charge in [-0.3, -0.25) is 9.78 Å². The lowest BCUT2D eigenvalue weighted by Crippen LogP contribution is -2.30. The van der Waals surface area contributed by atoms with Gasteiger partial charge in [-0.1, -0.05) is 13.8 Å². The van der Waals surface area contributed by atoms with Crippen molar-refractivity contribution in [2.45, 2.75) is 33.2 Å². The molecule has 0 aliphatic carbocycles. The summed E-state index contributed by atoms with van der Waals surface area (Å²) in [7, 11) is 0. The maximum atomic E-state index is 13.4. The predicted molar refractivity (Wildman–Crippen MR) is 116 cm³/mol. The van der Waals surface area contributed by atoms with Crippen LogP contribution in [0.2, 0.25) is 0 Å². The van der Waals surface area contributed by atoms with Gasteiger partial charge in [0.1, 0.15) is 5.82 Å². The molecule has 1 aliphatic rings. The first-order valence-electron chi connectivity index (χ1n) is 10.1. The van der Waals surface area contributed by atoms with Crippen molar-refractivity contribution in [1.29, 1.82) is 0 Å². The Bertz CT molecular complexity index is 1010. The predicted octanol–water partition coefficient (Wildman–Crippen LogP) is 3.88. The van der Waals surface area contributed by atoms with Crippen LogP contribution in [0.3, 0.4) is 0 Å². The van der Waals surface area contributed by atoms with E-state index in [2.05, 4.69) is 20.3 Å². The molecule has 1 saturated heterocycles. The van der Waals surface area contributed by atoms with Crippen molar-refractivity contribution in [3.8, 4) is 0 Å². The number of amides is 1. The van der Waals surface area contributed by atoms with Gasteiger partial charge in [0.25, 0.3) is 5.91 Å². The molecule has 2 N–H and O–H groups in total. The van der Waals surface area contributed by atoms with Crippen LogP contribution in [0.5, 0.6) is 0 Å². The van der Waals surface area contributed by atoms with Gasteiger partial charge in [0.15, 0.2) is 5.69 Å². The van der Waals surface area contributed by atoms with Crippen molar-refractivity contribution in [1.82, 2.24) is 19.9 Å². The SMILES string of the molecule is CC.CC(Nc1nc(C(=O)N2CC[C@@H](CO)C2)c2sccc2n1)c1cncc(F)c1. The quantitative estimate of drug-likeness (QED) is 0.637. The second kappa shape index (κ2) is 9.90. The number of thiophene rings is 1. The summed E-state index contributed by atoms with van der Waals surface area (Å²) >= 11 is 1.42. The number of hydrogen-bond acceptors (Lipinski definition) is 7. The first-order chi connectivity index (χ1) is 14.5. The normalized spacial score (nSPS) is 16.8. The zero-order valence-corrected chi connectivity index (χ0v) is 18.1. The molecule has 0 saturated carbocycles. The van der Waals surface area contributed by atoms with Crippen LogP contribution < -0.4 is 5.32 Å². The zero-order chi connectivity index (χ0) is 21.7. The number of aliphatic hydroxyl groups is 1. The van der Waals surface area contributed by atoms with E-state index in [1.165, 1.54) is 17.4 Å². The fourth-order valence-corrected chi connectivity index (χ4v) is 4.14. The van der Waals surface area contributed by atoms with E-state index >= 15 is 0 Å². The molecule has 1 amide bonds. The van der Waals surface area contributed by atoms with E-state index in [1.807, 2.05) is 32.2 Å². The summed E-state index contributed by atoms with van der Waals surface area (Å²) in [6.07, 6.45) is 3.52. The van der Waals surface area contributed by atoms with E-state index in [0.29, 0.717) is 35.8 Å². The topological polar surface area (TPSA) is 91.2 Å². The van der Waals surface area contributed by atoms with Crippen molar-refractivity contribution >= 4 is 33.4 Å². The number of likely N-dealkylation sites (tertiary alicyclic amines) is 1. The molecule has 0 bridgehead atoms. The van der Waals surface area contributed by atoms with E-state index in [1.54, 1.807) is 11.1 Å². The monoisotopic (exact) mass is 431 g/mol. The summed E-state index contributed by atoms with van der Waals surface area (Å²) in [6.45, 7) is 7.06. The molecule has 30 heavy (non-hydrogen) atoms. The van der Waals surface area contributed by atoms with E-state index in [0.717, 1.165) is 17.3 Å². The molecule has 1 fully saturated rings. The Morgan fingerprint density at radius 1 is 1.40 bits per heavy atom. The van der Waals surface area contributed by atoms with Gasteiger partial charge in [0, 0.05) is 31.8 Å². The summed E-state index contributed by atoms with van der Waals surface area (Å²) < 4.78 is 14.2. The lowest BCUT2D eigenvalue weighted by atomic mass is 10.1. The Hall–Kier alpha value is -2.65. The summed E-state index contributed by atoms with van der Waals surface area (Å²) in [5.41, 5.74) is 1.70. The van der Waals surface area contributed by atoms with Crippen LogP contribution in [0.15, 0.2) is 29.9 Å². The van der Waals surface area contributed by atoms with Crippen LogP contribution >= 0.6 is 11.3 Å². The number of pyridine rings is 1. The number of nitrogens with one attached hydrogen (secondary N) is 1. The van der Waals surface area contributed by atoms with Gasteiger partial charge < -0.3 is 15.3 Å². The number of carbonyl (C=O) groups excluding carboxylic acids is 1. The molecule has 3 aromatic rings. The van der Waals surface area contributed by atoms with Crippen LogP contribution in [-0.4, -0.2) is 50.6 Å². The zero-order valence-electron chi connectivity index (χ0n) is 17.3. The van der Waals surface area contributed by atoms with Gasteiger partial charge >= 0.3 is 0 Å². The highest BCUT2D eigenvalue weighted by Crippen LogP contribution is 2.28. The molecular formula is C21H26FN5O2S. The molecule has 0 aromatic carbocycles. The number of aromatic nitrogens is 3. The molecule has 7 nitrogen and oxygen atoms in total. The van der Waals surface area contributed by atoms with E-state index in [9.17, 15) is 14.3 Å². The van der Waals surface area contributed by atoms with Crippen molar-refractivity contribution in [3.63, 3.8) is 0 Å². The summed E-state index contributed by atoms with van der Waals surface area (Å²) in [5, 5.41) is 14.4. The minimum atomic E-state index is -0.413.